The number of aryl methyl sites for hydroxylation is 2. The lowest BCUT2D eigenvalue weighted by Crippen LogP contribution is -2.49. The van der Waals surface area contributed by atoms with Gasteiger partial charge in [-0.25, -0.2) is 4.98 Å². The van der Waals surface area contributed by atoms with E-state index in [1.165, 1.54) is 25.1 Å². The summed E-state index contributed by atoms with van der Waals surface area (Å²) in [4.78, 5) is 11.2. The lowest BCUT2D eigenvalue weighted by Gasteiger charge is -2.33. The number of aromatic nitrogens is 4. The molecule has 0 spiro atoms. The Morgan fingerprint density at radius 1 is 1.13 bits per heavy atom. The van der Waals surface area contributed by atoms with Crippen molar-refractivity contribution in [2.24, 2.45) is 4.99 Å². The number of halogens is 1. The van der Waals surface area contributed by atoms with Crippen LogP contribution < -0.4 is 15.5 Å². The van der Waals surface area contributed by atoms with Crippen LogP contribution in [-0.4, -0.2) is 58.4 Å². The van der Waals surface area contributed by atoms with E-state index in [1.807, 2.05) is 19.3 Å². The number of fused-ring (bicyclic) bond motifs is 1. The third-order valence-electron chi connectivity index (χ3n) is 6.09. The van der Waals surface area contributed by atoms with Crippen molar-refractivity contribution in [1.29, 1.82) is 0 Å². The van der Waals surface area contributed by atoms with E-state index in [4.69, 9.17) is 0 Å². The van der Waals surface area contributed by atoms with Crippen LogP contribution in [0.2, 0.25) is 0 Å². The van der Waals surface area contributed by atoms with Gasteiger partial charge in [-0.3, -0.25) is 4.99 Å². The molecule has 8 nitrogen and oxygen atoms in total. The quantitative estimate of drug-likeness (QED) is 0.255. The molecule has 2 N–H and O–H groups in total. The van der Waals surface area contributed by atoms with E-state index in [0.717, 1.165) is 75.9 Å². The Balaban J connectivity index is 0.00000272. The van der Waals surface area contributed by atoms with Crippen molar-refractivity contribution >= 4 is 35.8 Å². The Kier molecular flexibility index (Phi) is 9.35. The maximum absolute atomic E-state index is 4.47. The normalized spacial score (nSPS) is 17.5. The van der Waals surface area contributed by atoms with Crippen LogP contribution in [0.15, 0.2) is 29.4 Å². The molecule has 0 aromatic carbocycles. The summed E-state index contributed by atoms with van der Waals surface area (Å²) in [5.74, 6) is 4.28. The highest BCUT2D eigenvalue weighted by atomic mass is 127. The van der Waals surface area contributed by atoms with Gasteiger partial charge in [-0.15, -0.1) is 34.2 Å². The molecule has 1 saturated heterocycles. The van der Waals surface area contributed by atoms with Crippen molar-refractivity contribution in [3.63, 3.8) is 0 Å². The van der Waals surface area contributed by atoms with Gasteiger partial charge in [0.15, 0.2) is 5.96 Å². The minimum absolute atomic E-state index is 0. The van der Waals surface area contributed by atoms with Gasteiger partial charge in [-0.2, -0.15) is 0 Å². The topological polar surface area (TPSA) is 83.3 Å². The summed E-state index contributed by atoms with van der Waals surface area (Å²) >= 11 is 0. The van der Waals surface area contributed by atoms with Gasteiger partial charge in [0.2, 0.25) is 0 Å². The number of anilines is 1. The van der Waals surface area contributed by atoms with Crippen molar-refractivity contribution in [3.8, 4) is 0 Å². The van der Waals surface area contributed by atoms with Crippen LogP contribution in [0, 0.1) is 0 Å². The maximum atomic E-state index is 4.47. The lowest BCUT2D eigenvalue weighted by molar-refractivity contribution is 0.459. The Labute approximate surface area is 202 Å². The molecule has 1 fully saturated rings. The number of hydrogen-bond acceptors (Lipinski definition) is 5. The van der Waals surface area contributed by atoms with Crippen molar-refractivity contribution < 1.29 is 0 Å². The zero-order valence-electron chi connectivity index (χ0n) is 18.5. The lowest BCUT2D eigenvalue weighted by atomic mass is 10.1. The fourth-order valence-corrected chi connectivity index (χ4v) is 4.37. The summed E-state index contributed by atoms with van der Waals surface area (Å²) in [5.41, 5.74) is 0. The number of rotatable bonds is 6. The second kappa shape index (κ2) is 12.2. The molecule has 2 aromatic rings. The van der Waals surface area contributed by atoms with Crippen molar-refractivity contribution in [2.75, 3.05) is 31.6 Å². The van der Waals surface area contributed by atoms with E-state index < -0.39 is 0 Å². The molecular weight excluding hydrogens is 503 g/mol. The van der Waals surface area contributed by atoms with E-state index >= 15 is 0 Å². The molecule has 0 unspecified atom stereocenters. The van der Waals surface area contributed by atoms with Crippen molar-refractivity contribution in [1.82, 2.24) is 30.4 Å². The van der Waals surface area contributed by atoms with Crippen LogP contribution in [0.5, 0.6) is 0 Å². The Morgan fingerprint density at radius 3 is 2.77 bits per heavy atom. The minimum Gasteiger partial charge on any atom is -0.356 e. The van der Waals surface area contributed by atoms with Crippen molar-refractivity contribution in [2.45, 2.75) is 64.0 Å². The van der Waals surface area contributed by atoms with Crippen LogP contribution in [0.1, 0.15) is 50.2 Å². The molecule has 0 aliphatic carbocycles. The average Bonchev–Trinajstić information content (AvgIpc) is 3.02. The molecular formula is C22H35IN8. The highest BCUT2D eigenvalue weighted by Crippen LogP contribution is 2.17. The van der Waals surface area contributed by atoms with E-state index in [1.54, 1.807) is 0 Å². The molecule has 2 aliphatic rings. The van der Waals surface area contributed by atoms with E-state index in [-0.39, 0.29) is 24.0 Å². The molecule has 0 atom stereocenters. The van der Waals surface area contributed by atoms with Crippen LogP contribution in [0.4, 0.5) is 5.82 Å². The first kappa shape index (κ1) is 23.7. The van der Waals surface area contributed by atoms with Crippen LogP contribution >= 0.6 is 24.0 Å². The second-order valence-electron chi connectivity index (χ2n) is 8.19. The van der Waals surface area contributed by atoms with Gasteiger partial charge in [-0.05, 0) is 44.2 Å². The monoisotopic (exact) mass is 538 g/mol. The number of pyridine rings is 1. The average molecular weight is 538 g/mol. The van der Waals surface area contributed by atoms with E-state index in [2.05, 4.69) is 52.4 Å². The molecule has 2 aromatic heterocycles. The maximum Gasteiger partial charge on any atom is 0.191 e. The molecule has 170 valence electrons. The summed E-state index contributed by atoms with van der Waals surface area (Å²) in [6, 6.07) is 6.55. The fourth-order valence-electron chi connectivity index (χ4n) is 4.37. The Hall–Kier alpha value is -1.91. The van der Waals surface area contributed by atoms with Gasteiger partial charge < -0.3 is 20.1 Å². The number of hydrogen-bond donors (Lipinski definition) is 2. The smallest absolute Gasteiger partial charge is 0.191 e. The molecule has 31 heavy (non-hydrogen) atoms. The zero-order chi connectivity index (χ0) is 20.6. The molecule has 4 rings (SSSR count). The first-order valence-corrected chi connectivity index (χ1v) is 11.4. The standard InChI is InChI=1S/C22H34N8.HI/c1-23-22(26-18-11-16-29(17-12-18)19-8-4-5-13-24-19)25-14-7-10-21-28-27-20-9-3-2-6-15-30(20)21;/h4-5,8,13,18H,2-3,6-7,9-12,14-17H2,1H3,(H2,23,25,26);1H. The van der Waals surface area contributed by atoms with E-state index in [9.17, 15) is 0 Å². The molecule has 0 bridgehead atoms. The predicted molar refractivity (Wildman–Crippen MR) is 135 cm³/mol. The Bertz CT molecular complexity index is 814. The first-order valence-electron chi connectivity index (χ1n) is 11.4. The second-order valence-corrected chi connectivity index (χ2v) is 8.19. The third kappa shape index (κ3) is 6.54. The predicted octanol–water partition coefficient (Wildman–Crippen LogP) is 2.78. The summed E-state index contributed by atoms with van der Waals surface area (Å²) in [7, 11) is 1.84. The van der Waals surface area contributed by atoms with Gasteiger partial charge in [-0.1, -0.05) is 12.5 Å². The highest BCUT2D eigenvalue weighted by molar-refractivity contribution is 14.0. The van der Waals surface area contributed by atoms with E-state index in [0.29, 0.717) is 6.04 Å². The first-order chi connectivity index (χ1) is 14.8. The molecule has 4 heterocycles. The number of nitrogens with zero attached hydrogens (tertiary/aromatic N) is 6. The fraction of sp³-hybridized carbons (Fsp3) is 0.636. The van der Waals surface area contributed by atoms with Crippen molar-refractivity contribution in [3.05, 3.63) is 36.0 Å². The van der Waals surface area contributed by atoms with Gasteiger partial charge >= 0.3 is 0 Å². The van der Waals surface area contributed by atoms with Gasteiger partial charge in [0, 0.05) is 58.3 Å². The summed E-state index contributed by atoms with van der Waals surface area (Å²) in [6.45, 7) is 3.99. The van der Waals surface area contributed by atoms with Gasteiger partial charge in [0.05, 0.1) is 0 Å². The summed E-state index contributed by atoms with van der Waals surface area (Å²) in [6.07, 6.45) is 10.9. The molecule has 0 radical (unpaired) electrons. The zero-order valence-corrected chi connectivity index (χ0v) is 20.8. The van der Waals surface area contributed by atoms with Crippen LogP contribution in [-0.2, 0) is 19.4 Å². The number of guanidine groups is 1. The summed E-state index contributed by atoms with van der Waals surface area (Å²) in [5, 5.41) is 15.9. The molecule has 9 heteroatoms. The molecule has 0 saturated carbocycles. The van der Waals surface area contributed by atoms with Gasteiger partial charge in [0.25, 0.3) is 0 Å². The molecule has 0 amide bonds. The van der Waals surface area contributed by atoms with Gasteiger partial charge in [0.1, 0.15) is 17.5 Å². The highest BCUT2D eigenvalue weighted by Gasteiger charge is 2.20. The van der Waals surface area contributed by atoms with Crippen LogP contribution in [0.3, 0.4) is 0 Å². The third-order valence-corrected chi connectivity index (χ3v) is 6.09. The summed E-state index contributed by atoms with van der Waals surface area (Å²) < 4.78 is 2.34. The van der Waals surface area contributed by atoms with Crippen LogP contribution in [0.25, 0.3) is 0 Å². The minimum atomic E-state index is 0. The SMILES string of the molecule is CN=C(NCCCc1nnc2n1CCCCC2)NC1CCN(c2ccccn2)CC1.I. The number of aliphatic imine (C=N–C) groups is 1. The largest absolute Gasteiger partial charge is 0.356 e. The molecule has 2 aliphatic heterocycles. The Morgan fingerprint density at radius 2 is 2.00 bits per heavy atom. The number of nitrogens with one attached hydrogen (secondary N) is 2. The number of piperidine rings is 1.